The van der Waals surface area contributed by atoms with Gasteiger partial charge in [-0.2, -0.15) is 5.26 Å². The Morgan fingerprint density at radius 1 is 1.21 bits per heavy atom. The number of aryl methyl sites for hydroxylation is 1. The van der Waals surface area contributed by atoms with Crippen molar-refractivity contribution in [3.05, 3.63) is 71.0 Å². The zero-order valence-electron chi connectivity index (χ0n) is 19.4. The van der Waals surface area contributed by atoms with E-state index in [4.69, 9.17) is 4.74 Å². The smallest absolute Gasteiger partial charge is 0.251 e. The summed E-state index contributed by atoms with van der Waals surface area (Å²) in [6, 6.07) is 17.1. The molecule has 1 aliphatic rings. The number of nitriles is 1. The third kappa shape index (κ3) is 5.78. The van der Waals surface area contributed by atoms with E-state index in [0.717, 1.165) is 29.4 Å². The Morgan fingerprint density at radius 3 is 2.82 bits per heavy atom. The van der Waals surface area contributed by atoms with E-state index in [9.17, 15) is 10.1 Å². The Morgan fingerprint density at radius 2 is 2.03 bits per heavy atom. The molecule has 176 valence electrons. The highest BCUT2D eigenvalue weighted by Gasteiger charge is 2.23. The van der Waals surface area contributed by atoms with Crippen LogP contribution < -0.4 is 10.1 Å². The summed E-state index contributed by atoms with van der Waals surface area (Å²) in [5, 5.41) is 22.0. The lowest BCUT2D eigenvalue weighted by Gasteiger charge is -2.16. The van der Waals surface area contributed by atoms with Crippen LogP contribution in [0.4, 0.5) is 0 Å². The van der Waals surface area contributed by atoms with E-state index in [1.807, 2.05) is 30.5 Å². The molecule has 1 aliphatic carbocycles. The second-order valence-electron chi connectivity index (χ2n) is 8.36. The molecular formula is C26H29N5O2S. The number of rotatable bonds is 10. The second-order valence-corrected chi connectivity index (χ2v) is 9.13. The van der Waals surface area contributed by atoms with Gasteiger partial charge in [-0.15, -0.1) is 10.2 Å². The van der Waals surface area contributed by atoms with Crippen molar-refractivity contribution in [3.8, 4) is 11.8 Å². The highest BCUT2D eigenvalue weighted by molar-refractivity contribution is 7.98. The van der Waals surface area contributed by atoms with Crippen molar-refractivity contribution in [2.24, 2.45) is 0 Å². The molecule has 1 aromatic heterocycles. The molecular weight excluding hydrogens is 446 g/mol. The van der Waals surface area contributed by atoms with Crippen molar-refractivity contribution in [2.75, 3.05) is 12.8 Å². The minimum Gasteiger partial charge on any atom is -0.489 e. The molecule has 0 spiro atoms. The number of carbonyl (C=O) groups excluding carboxylic acids is 1. The molecule has 1 N–H and O–H groups in total. The summed E-state index contributed by atoms with van der Waals surface area (Å²) < 4.78 is 8.14. The Kier molecular flexibility index (Phi) is 8.21. The summed E-state index contributed by atoms with van der Waals surface area (Å²) in [4.78, 5) is 12.7. The predicted octanol–water partition coefficient (Wildman–Crippen LogP) is 4.93. The molecule has 0 atom stereocenters. The number of carbonyl (C=O) groups is 1. The number of thioether (sulfide) groups is 1. The molecule has 1 amide bonds. The van der Waals surface area contributed by atoms with Crippen LogP contribution in [-0.2, 0) is 13.0 Å². The summed E-state index contributed by atoms with van der Waals surface area (Å²) in [6.45, 7) is 0.833. The fourth-order valence-electron chi connectivity index (χ4n) is 4.34. The van der Waals surface area contributed by atoms with Gasteiger partial charge in [-0.25, -0.2) is 0 Å². The normalized spacial score (nSPS) is 13.5. The second kappa shape index (κ2) is 11.7. The summed E-state index contributed by atoms with van der Waals surface area (Å²) in [7, 11) is 0. The van der Waals surface area contributed by atoms with Gasteiger partial charge in [0.05, 0.1) is 11.6 Å². The van der Waals surface area contributed by atoms with E-state index in [2.05, 4.69) is 26.2 Å². The molecule has 3 aromatic rings. The fraction of sp³-hybridized carbons (Fsp3) is 0.385. The van der Waals surface area contributed by atoms with Crippen LogP contribution in [0, 0.1) is 11.3 Å². The number of hydrogen-bond donors (Lipinski definition) is 1. The van der Waals surface area contributed by atoms with Crippen LogP contribution >= 0.6 is 11.8 Å². The van der Waals surface area contributed by atoms with Crippen LogP contribution in [0.25, 0.3) is 0 Å². The average molecular weight is 476 g/mol. The van der Waals surface area contributed by atoms with Crippen molar-refractivity contribution in [1.29, 1.82) is 5.26 Å². The molecule has 0 aliphatic heterocycles. The van der Waals surface area contributed by atoms with Gasteiger partial charge in [0.15, 0.2) is 5.16 Å². The number of benzene rings is 2. The van der Waals surface area contributed by atoms with Gasteiger partial charge in [0.2, 0.25) is 0 Å². The summed E-state index contributed by atoms with van der Waals surface area (Å²) in [5.74, 6) is 1.47. The van der Waals surface area contributed by atoms with Crippen molar-refractivity contribution in [2.45, 2.75) is 56.3 Å². The first-order valence-corrected chi connectivity index (χ1v) is 12.9. The highest BCUT2D eigenvalue weighted by Crippen LogP contribution is 2.33. The van der Waals surface area contributed by atoms with E-state index < -0.39 is 0 Å². The first-order valence-electron chi connectivity index (χ1n) is 11.7. The number of aromatic nitrogens is 3. The van der Waals surface area contributed by atoms with E-state index in [1.165, 1.54) is 25.7 Å². The lowest BCUT2D eigenvalue weighted by atomic mass is 10.1. The molecule has 2 aromatic carbocycles. The molecule has 0 radical (unpaired) electrons. The lowest BCUT2D eigenvalue weighted by molar-refractivity contribution is 0.0952. The zero-order chi connectivity index (χ0) is 23.8. The Bertz CT molecular complexity index is 1160. The van der Waals surface area contributed by atoms with Crippen LogP contribution in [0.15, 0.2) is 53.7 Å². The van der Waals surface area contributed by atoms with Crippen LogP contribution in [-0.4, -0.2) is 33.5 Å². The molecule has 1 saturated carbocycles. The first kappa shape index (κ1) is 23.8. The molecule has 0 saturated heterocycles. The molecule has 7 nitrogen and oxygen atoms in total. The molecule has 1 fully saturated rings. The molecule has 0 unspecified atom stereocenters. The number of ether oxygens (including phenoxy) is 1. The zero-order valence-corrected chi connectivity index (χ0v) is 20.2. The number of nitrogens with one attached hydrogen (secondary N) is 1. The maximum atomic E-state index is 12.7. The lowest BCUT2D eigenvalue weighted by Crippen LogP contribution is -2.25. The Hall–Kier alpha value is -3.31. The molecule has 34 heavy (non-hydrogen) atoms. The van der Waals surface area contributed by atoms with Crippen LogP contribution in [0.5, 0.6) is 5.75 Å². The minimum absolute atomic E-state index is 0.134. The van der Waals surface area contributed by atoms with Crippen molar-refractivity contribution in [1.82, 2.24) is 20.1 Å². The fourth-order valence-corrected chi connectivity index (χ4v) is 4.91. The van der Waals surface area contributed by atoms with Crippen molar-refractivity contribution in [3.63, 3.8) is 0 Å². The topological polar surface area (TPSA) is 92.8 Å². The van der Waals surface area contributed by atoms with Crippen molar-refractivity contribution < 1.29 is 9.53 Å². The number of amides is 1. The summed E-state index contributed by atoms with van der Waals surface area (Å²) in [5.41, 5.74) is 1.95. The van der Waals surface area contributed by atoms with Gasteiger partial charge in [0, 0.05) is 30.1 Å². The standard InChI is InChI=1S/C26H29N5O2S/c1-34-26-30-29-24(31(26)22-11-4-5-12-22)14-7-15-28-25(32)19-10-6-13-23(16-19)33-18-21-9-3-2-8-20(21)17-27/h2-3,6,8-10,13,16,22H,4-5,7,11-12,14-15,18H2,1H3,(H,28,32). The first-order chi connectivity index (χ1) is 16.7. The van der Waals surface area contributed by atoms with Gasteiger partial charge in [-0.05, 0) is 49.8 Å². The largest absolute Gasteiger partial charge is 0.489 e. The number of hydrogen-bond acceptors (Lipinski definition) is 6. The van der Waals surface area contributed by atoms with E-state index in [-0.39, 0.29) is 12.5 Å². The van der Waals surface area contributed by atoms with E-state index >= 15 is 0 Å². The van der Waals surface area contributed by atoms with Crippen molar-refractivity contribution >= 4 is 17.7 Å². The van der Waals surface area contributed by atoms with E-state index in [1.54, 1.807) is 36.0 Å². The molecule has 8 heteroatoms. The maximum absolute atomic E-state index is 12.7. The van der Waals surface area contributed by atoms with Gasteiger partial charge in [0.1, 0.15) is 18.2 Å². The Labute approximate surface area is 204 Å². The monoisotopic (exact) mass is 475 g/mol. The van der Waals surface area contributed by atoms with Gasteiger partial charge >= 0.3 is 0 Å². The third-order valence-electron chi connectivity index (χ3n) is 6.10. The molecule has 0 bridgehead atoms. The summed E-state index contributed by atoms with van der Waals surface area (Å²) in [6.07, 6.45) is 8.53. The Balaban J connectivity index is 1.29. The van der Waals surface area contributed by atoms with Gasteiger partial charge in [0.25, 0.3) is 5.91 Å². The van der Waals surface area contributed by atoms with Gasteiger partial charge in [-0.3, -0.25) is 4.79 Å². The van der Waals surface area contributed by atoms with Crippen LogP contribution in [0.3, 0.4) is 0 Å². The SMILES string of the molecule is CSc1nnc(CCCNC(=O)c2cccc(OCc3ccccc3C#N)c2)n1C1CCCC1. The third-order valence-corrected chi connectivity index (χ3v) is 6.74. The summed E-state index contributed by atoms with van der Waals surface area (Å²) >= 11 is 1.64. The van der Waals surface area contributed by atoms with Crippen LogP contribution in [0.2, 0.25) is 0 Å². The van der Waals surface area contributed by atoms with Gasteiger partial charge < -0.3 is 14.6 Å². The number of nitrogens with zero attached hydrogens (tertiary/aromatic N) is 4. The average Bonchev–Trinajstić information content (AvgIpc) is 3.55. The predicted molar refractivity (Wildman–Crippen MR) is 132 cm³/mol. The molecule has 4 rings (SSSR count). The quantitative estimate of drug-likeness (QED) is 0.330. The van der Waals surface area contributed by atoms with E-state index in [0.29, 0.717) is 29.5 Å². The molecule has 1 heterocycles. The highest BCUT2D eigenvalue weighted by atomic mass is 32.2. The van der Waals surface area contributed by atoms with Crippen LogP contribution in [0.1, 0.15) is 65.5 Å². The van der Waals surface area contributed by atoms with Gasteiger partial charge in [-0.1, -0.05) is 48.9 Å². The maximum Gasteiger partial charge on any atom is 0.251 e. The minimum atomic E-state index is -0.134.